The summed E-state index contributed by atoms with van der Waals surface area (Å²) in [6.45, 7) is 4.37. The van der Waals surface area contributed by atoms with Gasteiger partial charge in [0.15, 0.2) is 5.11 Å². The van der Waals surface area contributed by atoms with Gasteiger partial charge in [-0.25, -0.2) is 0 Å². The van der Waals surface area contributed by atoms with E-state index in [0.717, 1.165) is 24.2 Å². The van der Waals surface area contributed by atoms with Gasteiger partial charge in [0.1, 0.15) is 0 Å². The van der Waals surface area contributed by atoms with Crippen LogP contribution in [0.5, 0.6) is 0 Å². The summed E-state index contributed by atoms with van der Waals surface area (Å²) in [5.41, 5.74) is 4.73. The average Bonchev–Trinajstić information content (AvgIpc) is 2.55. The van der Waals surface area contributed by atoms with Crippen molar-refractivity contribution in [3.63, 3.8) is 0 Å². The molecule has 2 nitrogen and oxygen atoms in total. The zero-order chi connectivity index (χ0) is 15.8. The normalized spacial score (nSPS) is 10.3. The van der Waals surface area contributed by atoms with E-state index >= 15 is 0 Å². The van der Waals surface area contributed by atoms with Gasteiger partial charge < -0.3 is 10.6 Å². The topological polar surface area (TPSA) is 24.1 Å². The molecule has 0 aliphatic heterocycles. The summed E-state index contributed by atoms with van der Waals surface area (Å²) < 4.78 is 0. The van der Waals surface area contributed by atoms with E-state index in [9.17, 15) is 0 Å². The standard InChI is InChI=1S/C19H24N2S/c1-3-5-6-16-9-13-18(14-10-16)21-19(22)20-17-11-7-15(4-2)8-12-17/h7-14H,3-6H2,1-2H3,(H2,20,21,22). The molecule has 0 spiro atoms. The SMILES string of the molecule is CCCCc1ccc(NC(=S)Nc2ccc(CC)cc2)cc1. The molecule has 2 rings (SSSR count). The minimum Gasteiger partial charge on any atom is -0.332 e. The van der Waals surface area contributed by atoms with Gasteiger partial charge in [0.2, 0.25) is 0 Å². The van der Waals surface area contributed by atoms with Gasteiger partial charge in [-0.2, -0.15) is 0 Å². The monoisotopic (exact) mass is 312 g/mol. The van der Waals surface area contributed by atoms with Crippen LogP contribution in [0.1, 0.15) is 37.8 Å². The summed E-state index contributed by atoms with van der Waals surface area (Å²) in [5.74, 6) is 0. The number of anilines is 2. The second kappa shape index (κ2) is 8.54. The van der Waals surface area contributed by atoms with Crippen molar-refractivity contribution >= 4 is 28.7 Å². The van der Waals surface area contributed by atoms with Gasteiger partial charge >= 0.3 is 0 Å². The fraction of sp³-hybridized carbons (Fsp3) is 0.316. The molecule has 0 aliphatic carbocycles. The molecule has 2 N–H and O–H groups in total. The molecule has 2 aromatic rings. The summed E-state index contributed by atoms with van der Waals surface area (Å²) in [4.78, 5) is 0. The van der Waals surface area contributed by atoms with Crippen LogP contribution in [0, 0.1) is 0 Å². The Bertz CT molecular complexity index is 588. The maximum Gasteiger partial charge on any atom is 0.175 e. The van der Waals surface area contributed by atoms with E-state index in [0.29, 0.717) is 5.11 Å². The Morgan fingerprint density at radius 1 is 0.818 bits per heavy atom. The maximum absolute atomic E-state index is 5.36. The van der Waals surface area contributed by atoms with Crippen LogP contribution in [-0.4, -0.2) is 5.11 Å². The second-order valence-electron chi connectivity index (χ2n) is 5.43. The number of nitrogens with one attached hydrogen (secondary N) is 2. The predicted octanol–water partition coefficient (Wildman–Crippen LogP) is 5.40. The van der Waals surface area contributed by atoms with E-state index in [1.54, 1.807) is 0 Å². The van der Waals surface area contributed by atoms with Gasteiger partial charge in [-0.05, 0) is 66.9 Å². The highest BCUT2D eigenvalue weighted by atomic mass is 32.1. The molecule has 0 radical (unpaired) electrons. The van der Waals surface area contributed by atoms with E-state index in [-0.39, 0.29) is 0 Å². The van der Waals surface area contributed by atoms with Crippen molar-refractivity contribution in [3.8, 4) is 0 Å². The molecular formula is C19H24N2S. The molecule has 0 atom stereocenters. The lowest BCUT2D eigenvalue weighted by Crippen LogP contribution is -2.18. The summed E-state index contributed by atoms with van der Waals surface area (Å²) >= 11 is 5.36. The minimum absolute atomic E-state index is 0.616. The number of rotatable bonds is 6. The molecule has 0 aromatic heterocycles. The van der Waals surface area contributed by atoms with E-state index in [2.05, 4.69) is 73.0 Å². The first-order valence-corrected chi connectivity index (χ1v) is 8.38. The molecule has 0 unspecified atom stereocenters. The van der Waals surface area contributed by atoms with Crippen LogP contribution in [0.4, 0.5) is 11.4 Å². The molecule has 0 amide bonds. The first-order valence-electron chi connectivity index (χ1n) is 7.97. The van der Waals surface area contributed by atoms with E-state index in [1.807, 2.05) is 0 Å². The summed E-state index contributed by atoms with van der Waals surface area (Å²) in [7, 11) is 0. The highest BCUT2D eigenvalue weighted by Gasteiger charge is 2.00. The first-order chi connectivity index (χ1) is 10.7. The zero-order valence-corrected chi connectivity index (χ0v) is 14.2. The smallest absolute Gasteiger partial charge is 0.175 e. The average molecular weight is 312 g/mol. The predicted molar refractivity (Wildman–Crippen MR) is 101 cm³/mol. The van der Waals surface area contributed by atoms with Crippen LogP contribution in [0.2, 0.25) is 0 Å². The number of hydrogen-bond acceptors (Lipinski definition) is 1. The summed E-state index contributed by atoms with van der Waals surface area (Å²) in [6, 6.07) is 16.8. The molecular weight excluding hydrogens is 288 g/mol. The second-order valence-corrected chi connectivity index (χ2v) is 5.84. The summed E-state index contributed by atoms with van der Waals surface area (Å²) in [6.07, 6.45) is 4.65. The first kappa shape index (κ1) is 16.5. The Morgan fingerprint density at radius 3 is 1.77 bits per heavy atom. The minimum atomic E-state index is 0.616. The maximum atomic E-state index is 5.36. The van der Waals surface area contributed by atoms with Crippen LogP contribution < -0.4 is 10.6 Å². The lowest BCUT2D eigenvalue weighted by Gasteiger charge is -2.11. The van der Waals surface area contributed by atoms with Crippen LogP contribution >= 0.6 is 12.2 Å². The van der Waals surface area contributed by atoms with Crippen molar-refractivity contribution in [3.05, 3.63) is 59.7 Å². The molecule has 22 heavy (non-hydrogen) atoms. The van der Waals surface area contributed by atoms with E-state index < -0.39 is 0 Å². The Hall–Kier alpha value is -1.87. The van der Waals surface area contributed by atoms with Crippen molar-refractivity contribution in [2.75, 3.05) is 10.6 Å². The van der Waals surface area contributed by atoms with Crippen molar-refractivity contribution in [1.29, 1.82) is 0 Å². The zero-order valence-electron chi connectivity index (χ0n) is 13.4. The molecule has 0 aliphatic rings. The van der Waals surface area contributed by atoms with Gasteiger partial charge in [0.25, 0.3) is 0 Å². The number of hydrogen-bond donors (Lipinski definition) is 2. The Labute approximate surface area is 139 Å². The molecule has 116 valence electrons. The Morgan fingerprint density at radius 2 is 1.32 bits per heavy atom. The molecule has 0 saturated heterocycles. The third kappa shape index (κ3) is 5.15. The van der Waals surface area contributed by atoms with Gasteiger partial charge in [-0.1, -0.05) is 44.5 Å². The number of benzene rings is 2. The number of unbranched alkanes of at least 4 members (excludes halogenated alkanes) is 1. The molecule has 0 fully saturated rings. The van der Waals surface area contributed by atoms with Gasteiger partial charge in [-0.3, -0.25) is 0 Å². The molecule has 0 saturated carbocycles. The highest BCUT2D eigenvalue weighted by molar-refractivity contribution is 7.80. The fourth-order valence-corrected chi connectivity index (χ4v) is 2.49. The van der Waals surface area contributed by atoms with Crippen molar-refractivity contribution in [1.82, 2.24) is 0 Å². The highest BCUT2D eigenvalue weighted by Crippen LogP contribution is 2.14. The van der Waals surface area contributed by atoms with E-state index in [1.165, 1.54) is 24.0 Å². The van der Waals surface area contributed by atoms with Crippen molar-refractivity contribution in [2.45, 2.75) is 39.5 Å². The van der Waals surface area contributed by atoms with Crippen LogP contribution in [-0.2, 0) is 12.8 Å². The van der Waals surface area contributed by atoms with Gasteiger partial charge in [0, 0.05) is 11.4 Å². The van der Waals surface area contributed by atoms with Crippen molar-refractivity contribution in [2.24, 2.45) is 0 Å². The van der Waals surface area contributed by atoms with Gasteiger partial charge in [0.05, 0.1) is 0 Å². The van der Waals surface area contributed by atoms with Crippen LogP contribution in [0.15, 0.2) is 48.5 Å². The molecule has 0 bridgehead atoms. The summed E-state index contributed by atoms with van der Waals surface area (Å²) in [5, 5.41) is 7.05. The van der Waals surface area contributed by atoms with Crippen LogP contribution in [0.3, 0.4) is 0 Å². The Kier molecular flexibility index (Phi) is 6.41. The molecule has 2 aromatic carbocycles. The van der Waals surface area contributed by atoms with Crippen molar-refractivity contribution < 1.29 is 0 Å². The van der Waals surface area contributed by atoms with Crippen LogP contribution in [0.25, 0.3) is 0 Å². The lowest BCUT2D eigenvalue weighted by atomic mass is 10.1. The largest absolute Gasteiger partial charge is 0.332 e. The Balaban J connectivity index is 1.88. The number of thiocarbonyl (C=S) groups is 1. The third-order valence-electron chi connectivity index (χ3n) is 3.65. The lowest BCUT2D eigenvalue weighted by molar-refractivity contribution is 0.795. The third-order valence-corrected chi connectivity index (χ3v) is 3.85. The number of aryl methyl sites for hydroxylation is 2. The molecule has 3 heteroatoms. The fourth-order valence-electron chi connectivity index (χ4n) is 2.25. The van der Waals surface area contributed by atoms with Gasteiger partial charge in [-0.15, -0.1) is 0 Å². The molecule has 0 heterocycles. The quantitative estimate of drug-likeness (QED) is 0.698. The van der Waals surface area contributed by atoms with E-state index in [4.69, 9.17) is 12.2 Å².